The van der Waals surface area contributed by atoms with E-state index in [4.69, 9.17) is 0 Å². The molecule has 0 bridgehead atoms. The van der Waals surface area contributed by atoms with E-state index in [1.54, 1.807) is 0 Å². The van der Waals surface area contributed by atoms with E-state index in [9.17, 15) is 4.79 Å². The quantitative estimate of drug-likeness (QED) is 0.694. The van der Waals surface area contributed by atoms with Crippen molar-refractivity contribution in [1.29, 1.82) is 0 Å². The number of carbonyl (C=O) groups excluding carboxylic acids is 1. The van der Waals surface area contributed by atoms with Crippen LogP contribution >= 0.6 is 11.8 Å². The SMILES string of the molecule is O=C(NC1CCSC1)[C@@H]1C[C@H]2C[C@H]2N1. The number of hydrogen-bond donors (Lipinski definition) is 2. The molecule has 0 spiro atoms. The van der Waals surface area contributed by atoms with Gasteiger partial charge in [0.2, 0.25) is 5.91 Å². The molecule has 1 saturated carbocycles. The first-order chi connectivity index (χ1) is 6.83. The normalized spacial score (nSPS) is 44.9. The maximum absolute atomic E-state index is 11.8. The van der Waals surface area contributed by atoms with E-state index in [0.29, 0.717) is 12.1 Å². The monoisotopic (exact) mass is 212 g/mol. The Hall–Kier alpha value is -0.220. The van der Waals surface area contributed by atoms with Crippen molar-refractivity contribution in [2.45, 2.75) is 37.4 Å². The molecular weight excluding hydrogens is 196 g/mol. The molecule has 3 nitrogen and oxygen atoms in total. The van der Waals surface area contributed by atoms with Gasteiger partial charge < -0.3 is 10.6 Å². The molecule has 0 radical (unpaired) electrons. The first-order valence-corrected chi connectivity index (χ1v) is 6.62. The molecule has 0 aromatic rings. The van der Waals surface area contributed by atoms with Crippen molar-refractivity contribution in [3.05, 3.63) is 0 Å². The molecule has 0 aromatic heterocycles. The van der Waals surface area contributed by atoms with Crippen LogP contribution in [0.1, 0.15) is 19.3 Å². The van der Waals surface area contributed by atoms with Gasteiger partial charge in [0.1, 0.15) is 0 Å². The second-order valence-corrected chi connectivity index (χ2v) is 5.78. The fourth-order valence-electron chi connectivity index (χ4n) is 2.47. The first-order valence-electron chi connectivity index (χ1n) is 5.47. The molecule has 1 amide bonds. The van der Waals surface area contributed by atoms with E-state index in [0.717, 1.165) is 24.5 Å². The minimum absolute atomic E-state index is 0.115. The number of hydrogen-bond acceptors (Lipinski definition) is 3. The Morgan fingerprint density at radius 2 is 2.36 bits per heavy atom. The third-order valence-electron chi connectivity index (χ3n) is 3.47. The summed E-state index contributed by atoms with van der Waals surface area (Å²) >= 11 is 1.94. The van der Waals surface area contributed by atoms with Crippen LogP contribution in [0, 0.1) is 5.92 Å². The van der Waals surface area contributed by atoms with Crippen LogP contribution in [0.4, 0.5) is 0 Å². The number of nitrogens with one attached hydrogen (secondary N) is 2. The molecule has 3 aliphatic rings. The summed E-state index contributed by atoms with van der Waals surface area (Å²) in [5, 5.41) is 6.52. The van der Waals surface area contributed by atoms with Gasteiger partial charge in [0.05, 0.1) is 6.04 Å². The van der Waals surface area contributed by atoms with Gasteiger partial charge in [0.25, 0.3) is 0 Å². The summed E-state index contributed by atoms with van der Waals surface area (Å²) in [4.78, 5) is 11.8. The Kier molecular flexibility index (Phi) is 2.21. The van der Waals surface area contributed by atoms with Crippen LogP contribution in [0.2, 0.25) is 0 Å². The molecule has 1 unspecified atom stereocenters. The molecule has 4 heteroatoms. The van der Waals surface area contributed by atoms with Crippen LogP contribution in [-0.4, -0.2) is 35.5 Å². The van der Waals surface area contributed by atoms with Crippen molar-refractivity contribution in [3.63, 3.8) is 0 Å². The van der Waals surface area contributed by atoms with E-state index in [1.807, 2.05) is 11.8 Å². The summed E-state index contributed by atoms with van der Waals surface area (Å²) in [6.07, 6.45) is 3.51. The van der Waals surface area contributed by atoms with Crippen LogP contribution in [0.3, 0.4) is 0 Å². The van der Waals surface area contributed by atoms with Gasteiger partial charge in [0.15, 0.2) is 0 Å². The molecule has 2 N–H and O–H groups in total. The second kappa shape index (κ2) is 3.42. The zero-order valence-electron chi connectivity index (χ0n) is 8.16. The van der Waals surface area contributed by atoms with Gasteiger partial charge in [0, 0.05) is 17.8 Å². The summed E-state index contributed by atoms with van der Waals surface area (Å²) in [5.41, 5.74) is 0. The molecule has 2 aliphatic heterocycles. The smallest absolute Gasteiger partial charge is 0.237 e. The highest BCUT2D eigenvalue weighted by Crippen LogP contribution is 2.40. The van der Waals surface area contributed by atoms with Gasteiger partial charge in [-0.1, -0.05) is 0 Å². The zero-order chi connectivity index (χ0) is 9.54. The van der Waals surface area contributed by atoms with Gasteiger partial charge in [-0.2, -0.15) is 11.8 Å². The Labute approximate surface area is 88.4 Å². The van der Waals surface area contributed by atoms with E-state index < -0.39 is 0 Å². The van der Waals surface area contributed by atoms with Gasteiger partial charge in [-0.3, -0.25) is 4.79 Å². The fourth-order valence-corrected chi connectivity index (χ4v) is 3.63. The van der Waals surface area contributed by atoms with Crippen LogP contribution in [0.5, 0.6) is 0 Å². The molecule has 0 aromatic carbocycles. The number of rotatable bonds is 2. The summed E-state index contributed by atoms with van der Waals surface area (Å²) in [7, 11) is 0. The largest absolute Gasteiger partial charge is 0.351 e. The third kappa shape index (κ3) is 1.65. The number of thioether (sulfide) groups is 1. The first kappa shape index (κ1) is 9.04. The predicted molar refractivity (Wildman–Crippen MR) is 57.3 cm³/mol. The minimum Gasteiger partial charge on any atom is -0.351 e. The van der Waals surface area contributed by atoms with E-state index in [-0.39, 0.29) is 11.9 Å². The molecule has 1 aliphatic carbocycles. The Bertz CT molecular complexity index is 243. The standard InChI is InChI=1S/C10H16N2OS/c13-10(11-7-1-2-14-5-7)9-4-6-3-8(6)12-9/h6-9,12H,1-5H2,(H,11,13)/t6-,7?,8-,9+/m1/s1. The van der Waals surface area contributed by atoms with Crippen LogP contribution in [0.15, 0.2) is 0 Å². The second-order valence-electron chi connectivity index (χ2n) is 4.63. The lowest BCUT2D eigenvalue weighted by Gasteiger charge is -2.16. The van der Waals surface area contributed by atoms with Crippen molar-refractivity contribution in [1.82, 2.24) is 10.6 Å². The van der Waals surface area contributed by atoms with Crippen molar-refractivity contribution >= 4 is 17.7 Å². The number of carbonyl (C=O) groups is 1. The predicted octanol–water partition coefficient (Wildman–Crippen LogP) is 0.358. The summed E-state index contributed by atoms with van der Waals surface area (Å²) in [6, 6.07) is 1.22. The zero-order valence-corrected chi connectivity index (χ0v) is 8.98. The van der Waals surface area contributed by atoms with Crippen LogP contribution in [0.25, 0.3) is 0 Å². The molecular formula is C10H16N2OS. The topological polar surface area (TPSA) is 41.1 Å². The lowest BCUT2D eigenvalue weighted by Crippen LogP contribution is -2.46. The summed E-state index contributed by atoms with van der Waals surface area (Å²) < 4.78 is 0. The maximum Gasteiger partial charge on any atom is 0.237 e. The Morgan fingerprint density at radius 1 is 1.43 bits per heavy atom. The Morgan fingerprint density at radius 3 is 3.00 bits per heavy atom. The number of amides is 1. The average molecular weight is 212 g/mol. The molecule has 3 fully saturated rings. The lowest BCUT2D eigenvalue weighted by molar-refractivity contribution is -0.123. The van der Waals surface area contributed by atoms with Crippen molar-refractivity contribution < 1.29 is 4.79 Å². The maximum atomic E-state index is 11.8. The summed E-state index contributed by atoms with van der Waals surface area (Å²) in [6.45, 7) is 0. The molecule has 2 saturated heterocycles. The third-order valence-corrected chi connectivity index (χ3v) is 4.63. The minimum atomic E-state index is 0.115. The molecule has 3 rings (SSSR count). The Balaban J connectivity index is 1.50. The highest BCUT2D eigenvalue weighted by molar-refractivity contribution is 7.99. The molecule has 78 valence electrons. The van der Waals surface area contributed by atoms with Crippen molar-refractivity contribution in [2.24, 2.45) is 5.92 Å². The van der Waals surface area contributed by atoms with E-state index in [2.05, 4.69) is 10.6 Å². The van der Waals surface area contributed by atoms with Crippen molar-refractivity contribution in [2.75, 3.05) is 11.5 Å². The van der Waals surface area contributed by atoms with Crippen molar-refractivity contribution in [3.8, 4) is 0 Å². The lowest BCUT2D eigenvalue weighted by atomic mass is 10.1. The highest BCUT2D eigenvalue weighted by Gasteiger charge is 2.47. The van der Waals surface area contributed by atoms with E-state index >= 15 is 0 Å². The van der Waals surface area contributed by atoms with Crippen LogP contribution < -0.4 is 10.6 Å². The molecule has 4 atom stereocenters. The van der Waals surface area contributed by atoms with Crippen LogP contribution in [-0.2, 0) is 4.79 Å². The summed E-state index contributed by atoms with van der Waals surface area (Å²) in [5.74, 6) is 3.35. The number of piperidine rings is 1. The highest BCUT2D eigenvalue weighted by atomic mass is 32.2. The number of fused-ring (bicyclic) bond motifs is 1. The molecule has 14 heavy (non-hydrogen) atoms. The van der Waals surface area contributed by atoms with Gasteiger partial charge in [-0.15, -0.1) is 0 Å². The molecule has 2 heterocycles. The van der Waals surface area contributed by atoms with E-state index in [1.165, 1.54) is 12.2 Å². The van der Waals surface area contributed by atoms with Gasteiger partial charge in [-0.25, -0.2) is 0 Å². The van der Waals surface area contributed by atoms with Gasteiger partial charge >= 0.3 is 0 Å². The fraction of sp³-hybridized carbons (Fsp3) is 0.900. The van der Waals surface area contributed by atoms with Gasteiger partial charge in [-0.05, 0) is 30.9 Å². The average Bonchev–Trinajstić information content (AvgIpc) is 2.68.